The fraction of sp³-hybridized carbons (Fsp3) is 0. The minimum absolute atomic E-state index is 0.755. The highest BCUT2D eigenvalue weighted by Crippen LogP contribution is 2.28. The number of fused-ring (bicyclic) bond motifs is 1. The number of para-hydroxylation sites is 2. The van der Waals surface area contributed by atoms with Crippen molar-refractivity contribution in [3.05, 3.63) is 103 Å². The van der Waals surface area contributed by atoms with Crippen LogP contribution in [-0.2, 0) is 0 Å². The molecule has 0 aromatic heterocycles. The zero-order valence-corrected chi connectivity index (χ0v) is 13.4. The van der Waals surface area contributed by atoms with Gasteiger partial charge in [-0.15, -0.1) is 0 Å². The summed E-state index contributed by atoms with van der Waals surface area (Å²) in [7, 11) is 0. The molecule has 2 nitrogen and oxygen atoms in total. The normalized spacial score (nSPS) is 9.83. The quantitative estimate of drug-likeness (QED) is 0.455. The van der Waals surface area contributed by atoms with E-state index in [0.717, 1.165) is 17.1 Å². The van der Waals surface area contributed by atoms with Crippen molar-refractivity contribution in [3.63, 3.8) is 0 Å². The monoisotopic (exact) mass is 312 g/mol. The van der Waals surface area contributed by atoms with Crippen LogP contribution in [-0.4, -0.2) is 0 Å². The molecular formula is C22H20N2. The van der Waals surface area contributed by atoms with Crippen LogP contribution in [0.5, 0.6) is 0 Å². The zero-order chi connectivity index (χ0) is 16.6. The van der Waals surface area contributed by atoms with Crippen LogP contribution in [0.4, 0.5) is 17.1 Å². The molecule has 0 aliphatic rings. The smallest absolute Gasteiger partial charge is 0.0618 e. The molecule has 2 heteroatoms. The van der Waals surface area contributed by atoms with E-state index in [9.17, 15) is 0 Å². The third-order valence-electron chi connectivity index (χ3n) is 3.69. The Labute approximate surface area is 142 Å². The minimum atomic E-state index is 0.755. The molecule has 0 radical (unpaired) electrons. The molecule has 0 spiro atoms. The Balaban J connectivity index is 0.000000238. The number of nitrogens with one attached hydrogen (secondary N) is 1. The summed E-state index contributed by atoms with van der Waals surface area (Å²) in [5, 5.41) is 5.81. The third kappa shape index (κ3) is 3.93. The summed E-state index contributed by atoms with van der Waals surface area (Å²) < 4.78 is 0. The molecule has 0 amide bonds. The lowest BCUT2D eigenvalue weighted by molar-refractivity contribution is 1.57. The molecule has 4 aromatic rings. The molecule has 0 saturated heterocycles. The summed E-state index contributed by atoms with van der Waals surface area (Å²) in [4.78, 5) is 0. The number of hydrogen-bond donors (Lipinski definition) is 2. The van der Waals surface area contributed by atoms with Crippen LogP contribution in [0.3, 0.4) is 0 Å². The first-order valence-corrected chi connectivity index (χ1v) is 7.94. The molecule has 4 aromatic carbocycles. The number of nitrogen functional groups attached to an aromatic ring is 1. The summed E-state index contributed by atoms with van der Waals surface area (Å²) in [5.74, 6) is 0. The van der Waals surface area contributed by atoms with Crippen molar-refractivity contribution >= 4 is 27.8 Å². The van der Waals surface area contributed by atoms with Gasteiger partial charge in [0.25, 0.3) is 0 Å². The number of nitrogens with two attached hydrogens (primary N) is 1. The van der Waals surface area contributed by atoms with Crippen molar-refractivity contribution in [2.24, 2.45) is 0 Å². The van der Waals surface area contributed by atoms with E-state index in [0.29, 0.717) is 0 Å². The molecule has 0 unspecified atom stereocenters. The second kappa shape index (κ2) is 7.84. The molecular weight excluding hydrogens is 292 g/mol. The molecule has 0 saturated carbocycles. The molecule has 4 rings (SSSR count). The fourth-order valence-electron chi connectivity index (χ4n) is 2.48. The van der Waals surface area contributed by atoms with Crippen LogP contribution in [0.25, 0.3) is 10.8 Å². The lowest BCUT2D eigenvalue weighted by atomic mass is 10.1. The first kappa shape index (κ1) is 15.6. The fourth-order valence-corrected chi connectivity index (χ4v) is 2.48. The van der Waals surface area contributed by atoms with Crippen LogP contribution in [0.15, 0.2) is 103 Å². The van der Waals surface area contributed by atoms with Crippen molar-refractivity contribution in [2.75, 3.05) is 11.1 Å². The van der Waals surface area contributed by atoms with Gasteiger partial charge in [0.15, 0.2) is 0 Å². The summed E-state index contributed by atoms with van der Waals surface area (Å²) in [6.07, 6.45) is 0. The average Bonchev–Trinajstić information content (AvgIpc) is 2.66. The molecule has 3 N–H and O–H groups in total. The maximum Gasteiger partial charge on any atom is 0.0618 e. The molecule has 118 valence electrons. The van der Waals surface area contributed by atoms with Gasteiger partial charge in [0.2, 0.25) is 0 Å². The van der Waals surface area contributed by atoms with Gasteiger partial charge in [0.05, 0.1) is 11.4 Å². The van der Waals surface area contributed by atoms with E-state index in [1.165, 1.54) is 10.8 Å². The van der Waals surface area contributed by atoms with Crippen LogP contribution in [0.1, 0.15) is 0 Å². The second-order valence-electron chi connectivity index (χ2n) is 5.39. The molecule has 0 aliphatic carbocycles. The Morgan fingerprint density at radius 3 is 1.75 bits per heavy atom. The minimum Gasteiger partial charge on any atom is -0.397 e. The summed E-state index contributed by atoms with van der Waals surface area (Å²) >= 11 is 0. The highest BCUT2D eigenvalue weighted by molar-refractivity contribution is 5.96. The molecule has 0 fully saturated rings. The highest BCUT2D eigenvalue weighted by Gasteiger charge is 2.02. The SMILES string of the molecule is Nc1ccccc1Nc1cccc2ccccc12.c1ccccc1. The predicted octanol–water partition coefficient (Wildman–Crippen LogP) is 5.85. The Morgan fingerprint density at radius 1 is 0.500 bits per heavy atom. The maximum atomic E-state index is 5.95. The number of rotatable bonds is 2. The average molecular weight is 312 g/mol. The van der Waals surface area contributed by atoms with Gasteiger partial charge in [-0.25, -0.2) is 0 Å². The second-order valence-corrected chi connectivity index (χ2v) is 5.39. The van der Waals surface area contributed by atoms with Crippen LogP contribution in [0, 0.1) is 0 Å². The van der Waals surface area contributed by atoms with Crippen molar-refractivity contribution in [1.82, 2.24) is 0 Å². The standard InChI is InChI=1S/C16H14N2.C6H6/c17-14-9-3-4-10-16(14)18-15-11-5-7-12-6-1-2-8-13(12)15;1-2-4-6-5-3-1/h1-11,18H,17H2;1-6H. The summed E-state index contributed by atoms with van der Waals surface area (Å²) in [6.45, 7) is 0. The lowest BCUT2D eigenvalue weighted by Gasteiger charge is -2.11. The number of benzene rings is 4. The molecule has 24 heavy (non-hydrogen) atoms. The van der Waals surface area contributed by atoms with Crippen molar-refractivity contribution < 1.29 is 0 Å². The van der Waals surface area contributed by atoms with Crippen LogP contribution >= 0.6 is 0 Å². The van der Waals surface area contributed by atoms with Gasteiger partial charge in [0.1, 0.15) is 0 Å². The Kier molecular flexibility index (Phi) is 5.10. The lowest BCUT2D eigenvalue weighted by Crippen LogP contribution is -1.96. The van der Waals surface area contributed by atoms with Gasteiger partial charge in [-0.1, -0.05) is 84.9 Å². The van der Waals surface area contributed by atoms with E-state index >= 15 is 0 Å². The van der Waals surface area contributed by atoms with E-state index in [4.69, 9.17) is 5.73 Å². The molecule has 0 bridgehead atoms. The van der Waals surface area contributed by atoms with Gasteiger partial charge in [-0.3, -0.25) is 0 Å². The van der Waals surface area contributed by atoms with Gasteiger partial charge in [0, 0.05) is 11.1 Å². The first-order chi connectivity index (χ1) is 11.8. The largest absolute Gasteiger partial charge is 0.397 e. The Bertz CT molecular complexity index is 869. The van der Waals surface area contributed by atoms with E-state index in [2.05, 4.69) is 29.6 Å². The van der Waals surface area contributed by atoms with Crippen molar-refractivity contribution in [3.8, 4) is 0 Å². The van der Waals surface area contributed by atoms with E-state index < -0.39 is 0 Å². The van der Waals surface area contributed by atoms with Gasteiger partial charge >= 0.3 is 0 Å². The van der Waals surface area contributed by atoms with Crippen molar-refractivity contribution in [2.45, 2.75) is 0 Å². The third-order valence-corrected chi connectivity index (χ3v) is 3.69. The van der Waals surface area contributed by atoms with Gasteiger partial charge < -0.3 is 11.1 Å². The summed E-state index contributed by atoms with van der Waals surface area (Å²) in [5.41, 5.74) is 8.72. The van der Waals surface area contributed by atoms with Gasteiger partial charge in [-0.05, 0) is 23.6 Å². The van der Waals surface area contributed by atoms with E-state index in [1.807, 2.05) is 78.9 Å². The summed E-state index contributed by atoms with van der Waals surface area (Å²) in [6, 6.07) is 34.3. The van der Waals surface area contributed by atoms with E-state index in [-0.39, 0.29) is 0 Å². The van der Waals surface area contributed by atoms with Crippen LogP contribution < -0.4 is 11.1 Å². The molecule has 0 heterocycles. The maximum absolute atomic E-state index is 5.95. The van der Waals surface area contributed by atoms with Crippen LogP contribution in [0.2, 0.25) is 0 Å². The Hall–Kier alpha value is -3.26. The molecule has 0 atom stereocenters. The van der Waals surface area contributed by atoms with Gasteiger partial charge in [-0.2, -0.15) is 0 Å². The first-order valence-electron chi connectivity index (χ1n) is 7.94. The van der Waals surface area contributed by atoms with E-state index in [1.54, 1.807) is 0 Å². The van der Waals surface area contributed by atoms with Crippen molar-refractivity contribution in [1.29, 1.82) is 0 Å². The molecule has 0 aliphatic heterocycles. The predicted molar refractivity (Wildman–Crippen MR) is 105 cm³/mol. The topological polar surface area (TPSA) is 38.0 Å². The number of hydrogen-bond acceptors (Lipinski definition) is 2. The Morgan fingerprint density at radius 2 is 1.04 bits per heavy atom. The highest BCUT2D eigenvalue weighted by atomic mass is 14.9. The zero-order valence-electron chi connectivity index (χ0n) is 13.4. The number of anilines is 3.